The van der Waals surface area contributed by atoms with E-state index in [1.54, 1.807) is 0 Å². The van der Waals surface area contributed by atoms with Gasteiger partial charge in [0.25, 0.3) is 0 Å². The van der Waals surface area contributed by atoms with Gasteiger partial charge in [0.2, 0.25) is 0 Å². The largest absolute Gasteiger partial charge is 0.394 e. The molecule has 80 valence electrons. The van der Waals surface area contributed by atoms with Crippen molar-refractivity contribution in [2.24, 2.45) is 0 Å². The minimum Gasteiger partial charge on any atom is -0.394 e. The Hall–Kier alpha value is -0.120. The van der Waals surface area contributed by atoms with Crippen molar-refractivity contribution in [3.05, 3.63) is 0 Å². The number of likely N-dealkylation sites (N-methyl/N-ethyl adjacent to an activating group) is 1. The summed E-state index contributed by atoms with van der Waals surface area (Å²) in [4.78, 5) is 4.39. The summed E-state index contributed by atoms with van der Waals surface area (Å²) >= 11 is 0. The molecule has 0 atom stereocenters. The second-order valence-electron chi connectivity index (χ2n) is 4.55. The molecule has 0 radical (unpaired) electrons. The molecule has 0 aromatic heterocycles. The first kappa shape index (κ1) is 12.9. The lowest BCUT2D eigenvalue weighted by Gasteiger charge is -2.34. The second-order valence-corrected chi connectivity index (χ2v) is 4.55. The molecular formula is C10H24N2O. The smallest absolute Gasteiger partial charge is 0.0609 e. The standard InChI is InChI=1S/C10H24N2O/c1-10(2,9-13)12(5)8-6-7-11(3)4/h13H,6-9H2,1-5H3. The van der Waals surface area contributed by atoms with Crippen LogP contribution in [-0.4, -0.2) is 61.3 Å². The second kappa shape index (κ2) is 5.58. The summed E-state index contributed by atoms with van der Waals surface area (Å²) in [5.74, 6) is 0. The first-order chi connectivity index (χ1) is 5.90. The molecule has 0 unspecified atom stereocenters. The number of rotatable bonds is 6. The Morgan fingerprint density at radius 1 is 1.08 bits per heavy atom. The van der Waals surface area contributed by atoms with Gasteiger partial charge in [-0.2, -0.15) is 0 Å². The fraction of sp³-hybridized carbons (Fsp3) is 1.00. The van der Waals surface area contributed by atoms with Gasteiger partial charge in [-0.15, -0.1) is 0 Å². The molecule has 0 saturated carbocycles. The number of hydrogen-bond acceptors (Lipinski definition) is 3. The van der Waals surface area contributed by atoms with Gasteiger partial charge in [-0.1, -0.05) is 0 Å². The van der Waals surface area contributed by atoms with Crippen LogP contribution in [0.3, 0.4) is 0 Å². The van der Waals surface area contributed by atoms with E-state index < -0.39 is 0 Å². The molecule has 0 spiro atoms. The monoisotopic (exact) mass is 188 g/mol. The highest BCUT2D eigenvalue weighted by molar-refractivity contribution is 4.77. The molecule has 3 heteroatoms. The molecular weight excluding hydrogens is 164 g/mol. The third kappa shape index (κ3) is 5.24. The lowest BCUT2D eigenvalue weighted by molar-refractivity contribution is 0.0766. The molecule has 0 aliphatic heterocycles. The molecule has 0 amide bonds. The van der Waals surface area contributed by atoms with Crippen LogP contribution in [-0.2, 0) is 0 Å². The van der Waals surface area contributed by atoms with Gasteiger partial charge in [0, 0.05) is 5.54 Å². The van der Waals surface area contributed by atoms with Gasteiger partial charge in [0.05, 0.1) is 6.61 Å². The highest BCUT2D eigenvalue weighted by Gasteiger charge is 2.21. The molecule has 0 aliphatic rings. The average Bonchev–Trinajstić information content (AvgIpc) is 2.03. The minimum atomic E-state index is -0.0910. The summed E-state index contributed by atoms with van der Waals surface area (Å²) in [5, 5.41) is 9.12. The molecule has 13 heavy (non-hydrogen) atoms. The van der Waals surface area contributed by atoms with E-state index in [-0.39, 0.29) is 12.1 Å². The summed E-state index contributed by atoms with van der Waals surface area (Å²) in [6.45, 7) is 6.47. The van der Waals surface area contributed by atoms with Gasteiger partial charge >= 0.3 is 0 Å². The molecule has 0 heterocycles. The van der Waals surface area contributed by atoms with Crippen LogP contribution in [0, 0.1) is 0 Å². The SMILES string of the molecule is CN(C)CCCN(C)C(C)(C)CO. The summed E-state index contributed by atoms with van der Waals surface area (Å²) in [5.41, 5.74) is -0.0910. The van der Waals surface area contributed by atoms with Gasteiger partial charge in [-0.25, -0.2) is 0 Å². The molecule has 0 aromatic carbocycles. The Bertz CT molecular complexity index is 135. The highest BCUT2D eigenvalue weighted by atomic mass is 16.3. The van der Waals surface area contributed by atoms with Crippen molar-refractivity contribution in [2.75, 3.05) is 40.8 Å². The summed E-state index contributed by atoms with van der Waals surface area (Å²) < 4.78 is 0. The molecule has 0 bridgehead atoms. The van der Waals surface area contributed by atoms with Crippen molar-refractivity contribution < 1.29 is 5.11 Å². The molecule has 0 saturated heterocycles. The zero-order chi connectivity index (χ0) is 10.5. The van der Waals surface area contributed by atoms with Crippen molar-refractivity contribution >= 4 is 0 Å². The lowest BCUT2D eigenvalue weighted by Crippen LogP contribution is -2.45. The maximum Gasteiger partial charge on any atom is 0.0609 e. The summed E-state index contributed by atoms with van der Waals surface area (Å²) in [6.07, 6.45) is 1.15. The third-order valence-electron chi connectivity index (χ3n) is 2.52. The van der Waals surface area contributed by atoms with Gasteiger partial charge in [-0.05, 0) is 54.5 Å². The van der Waals surface area contributed by atoms with Crippen molar-refractivity contribution in [2.45, 2.75) is 25.8 Å². The lowest BCUT2D eigenvalue weighted by atomic mass is 10.1. The topological polar surface area (TPSA) is 26.7 Å². The van der Waals surface area contributed by atoms with E-state index in [1.807, 2.05) is 0 Å². The predicted molar refractivity (Wildman–Crippen MR) is 57.0 cm³/mol. The van der Waals surface area contributed by atoms with Crippen LogP contribution >= 0.6 is 0 Å². The van der Waals surface area contributed by atoms with Gasteiger partial charge < -0.3 is 10.0 Å². The zero-order valence-corrected chi connectivity index (χ0v) is 9.67. The molecule has 0 aromatic rings. The normalized spacial score (nSPS) is 12.9. The van der Waals surface area contributed by atoms with E-state index in [2.05, 4.69) is 44.8 Å². The molecule has 0 rings (SSSR count). The van der Waals surface area contributed by atoms with E-state index in [0.717, 1.165) is 19.5 Å². The molecule has 0 fully saturated rings. The number of aliphatic hydroxyl groups is 1. The molecule has 0 aliphatic carbocycles. The fourth-order valence-electron chi connectivity index (χ4n) is 1.05. The third-order valence-corrected chi connectivity index (χ3v) is 2.52. The molecule has 3 nitrogen and oxygen atoms in total. The van der Waals surface area contributed by atoms with Gasteiger partial charge in [0.15, 0.2) is 0 Å². The first-order valence-electron chi connectivity index (χ1n) is 4.87. The van der Waals surface area contributed by atoms with Crippen LogP contribution < -0.4 is 0 Å². The highest BCUT2D eigenvalue weighted by Crippen LogP contribution is 2.10. The van der Waals surface area contributed by atoms with E-state index in [4.69, 9.17) is 5.11 Å². The summed E-state index contributed by atoms with van der Waals surface area (Å²) in [6, 6.07) is 0. The van der Waals surface area contributed by atoms with Crippen molar-refractivity contribution in [3.63, 3.8) is 0 Å². The van der Waals surface area contributed by atoms with Crippen LogP contribution in [0.25, 0.3) is 0 Å². The number of aliphatic hydroxyl groups excluding tert-OH is 1. The van der Waals surface area contributed by atoms with Crippen molar-refractivity contribution in [1.29, 1.82) is 0 Å². The number of nitrogens with zero attached hydrogens (tertiary/aromatic N) is 2. The number of hydrogen-bond donors (Lipinski definition) is 1. The minimum absolute atomic E-state index is 0.0910. The zero-order valence-electron chi connectivity index (χ0n) is 9.67. The Morgan fingerprint density at radius 2 is 1.62 bits per heavy atom. The maximum atomic E-state index is 9.12. The van der Waals surface area contributed by atoms with Crippen LogP contribution in [0.1, 0.15) is 20.3 Å². The van der Waals surface area contributed by atoms with E-state index in [1.165, 1.54) is 0 Å². The van der Waals surface area contributed by atoms with Crippen molar-refractivity contribution in [3.8, 4) is 0 Å². The Kier molecular flexibility index (Phi) is 5.53. The molecule has 1 N–H and O–H groups in total. The Balaban J connectivity index is 3.68. The van der Waals surface area contributed by atoms with E-state index >= 15 is 0 Å². The fourth-order valence-corrected chi connectivity index (χ4v) is 1.05. The maximum absolute atomic E-state index is 9.12. The Morgan fingerprint density at radius 3 is 2.00 bits per heavy atom. The first-order valence-corrected chi connectivity index (χ1v) is 4.87. The van der Waals surface area contributed by atoms with Gasteiger partial charge in [-0.3, -0.25) is 4.90 Å². The average molecular weight is 188 g/mol. The van der Waals surface area contributed by atoms with Crippen molar-refractivity contribution in [1.82, 2.24) is 9.80 Å². The van der Waals surface area contributed by atoms with Crippen LogP contribution in [0.2, 0.25) is 0 Å². The van der Waals surface area contributed by atoms with E-state index in [0.29, 0.717) is 0 Å². The van der Waals surface area contributed by atoms with Crippen LogP contribution in [0.4, 0.5) is 0 Å². The van der Waals surface area contributed by atoms with E-state index in [9.17, 15) is 0 Å². The van der Waals surface area contributed by atoms with Gasteiger partial charge in [0.1, 0.15) is 0 Å². The summed E-state index contributed by atoms with van der Waals surface area (Å²) in [7, 11) is 6.22. The Labute approximate surface area is 82.3 Å². The van der Waals surface area contributed by atoms with Crippen LogP contribution in [0.15, 0.2) is 0 Å². The predicted octanol–water partition coefficient (Wildman–Crippen LogP) is 0.641. The quantitative estimate of drug-likeness (QED) is 0.663. The van der Waals surface area contributed by atoms with Crippen LogP contribution in [0.5, 0.6) is 0 Å².